The molecular formula is C16H11FN2O. The number of carbonyl (C=O) groups is 1. The normalized spacial score (nSPS) is 10.4. The molecular weight excluding hydrogens is 255 g/mol. The van der Waals surface area contributed by atoms with Gasteiger partial charge in [0, 0.05) is 23.3 Å². The Morgan fingerprint density at radius 1 is 1.05 bits per heavy atom. The number of hydrogen-bond acceptors (Lipinski definition) is 2. The highest BCUT2D eigenvalue weighted by Gasteiger charge is 2.09. The Balaban J connectivity index is 1.91. The van der Waals surface area contributed by atoms with Gasteiger partial charge >= 0.3 is 0 Å². The van der Waals surface area contributed by atoms with Crippen LogP contribution >= 0.6 is 0 Å². The van der Waals surface area contributed by atoms with Crippen LogP contribution in [0, 0.1) is 5.82 Å². The van der Waals surface area contributed by atoms with Crippen LogP contribution in [0.3, 0.4) is 0 Å². The minimum Gasteiger partial charge on any atom is -0.319 e. The fraction of sp³-hybridized carbons (Fsp3) is 0. The van der Waals surface area contributed by atoms with E-state index in [1.165, 1.54) is 12.1 Å². The summed E-state index contributed by atoms with van der Waals surface area (Å²) in [6.45, 7) is 0. The minimum absolute atomic E-state index is 0.173. The molecule has 3 nitrogen and oxygen atoms in total. The lowest BCUT2D eigenvalue weighted by Crippen LogP contribution is -2.12. The molecule has 0 aliphatic rings. The van der Waals surface area contributed by atoms with E-state index in [0.29, 0.717) is 5.56 Å². The van der Waals surface area contributed by atoms with Crippen molar-refractivity contribution in [2.45, 2.75) is 0 Å². The molecule has 0 atom stereocenters. The molecule has 1 heterocycles. The third-order valence-corrected chi connectivity index (χ3v) is 3.02. The van der Waals surface area contributed by atoms with E-state index in [0.717, 1.165) is 10.8 Å². The third-order valence-electron chi connectivity index (χ3n) is 3.02. The Labute approximate surface area is 115 Å². The molecule has 1 aromatic heterocycles. The van der Waals surface area contributed by atoms with Gasteiger partial charge in [0.25, 0.3) is 5.91 Å². The van der Waals surface area contributed by atoms with E-state index in [9.17, 15) is 9.18 Å². The van der Waals surface area contributed by atoms with Crippen LogP contribution in [0.5, 0.6) is 0 Å². The Bertz CT molecular complexity index is 786. The predicted octanol–water partition coefficient (Wildman–Crippen LogP) is 3.63. The summed E-state index contributed by atoms with van der Waals surface area (Å²) in [4.78, 5) is 16.1. The van der Waals surface area contributed by atoms with Crippen LogP contribution in [-0.4, -0.2) is 10.9 Å². The standard InChI is InChI=1S/C16H11FN2O/c17-14-3-1-2-4-15(14)19-16(20)12-5-6-13-10-18-8-7-11(13)9-12/h1-10H,(H,19,20). The van der Waals surface area contributed by atoms with E-state index in [1.54, 1.807) is 36.7 Å². The highest BCUT2D eigenvalue weighted by molar-refractivity contribution is 6.06. The van der Waals surface area contributed by atoms with Gasteiger partial charge in [-0.2, -0.15) is 0 Å². The number of anilines is 1. The number of amides is 1. The van der Waals surface area contributed by atoms with Crippen LogP contribution in [-0.2, 0) is 0 Å². The Hall–Kier alpha value is -2.75. The number of pyridine rings is 1. The van der Waals surface area contributed by atoms with E-state index in [4.69, 9.17) is 0 Å². The molecule has 20 heavy (non-hydrogen) atoms. The monoisotopic (exact) mass is 266 g/mol. The topological polar surface area (TPSA) is 42.0 Å². The van der Waals surface area contributed by atoms with E-state index < -0.39 is 5.82 Å². The molecule has 3 aromatic rings. The smallest absolute Gasteiger partial charge is 0.255 e. The Morgan fingerprint density at radius 3 is 2.75 bits per heavy atom. The van der Waals surface area contributed by atoms with E-state index in [1.807, 2.05) is 12.1 Å². The molecule has 3 rings (SSSR count). The van der Waals surface area contributed by atoms with Gasteiger partial charge in [0.2, 0.25) is 0 Å². The van der Waals surface area contributed by atoms with Crippen molar-refractivity contribution < 1.29 is 9.18 Å². The molecule has 0 aliphatic heterocycles. The van der Waals surface area contributed by atoms with Gasteiger partial charge in [0.05, 0.1) is 5.69 Å². The van der Waals surface area contributed by atoms with Gasteiger partial charge in [-0.15, -0.1) is 0 Å². The van der Waals surface area contributed by atoms with Crippen molar-refractivity contribution >= 4 is 22.4 Å². The van der Waals surface area contributed by atoms with Crippen LogP contribution in [0.4, 0.5) is 10.1 Å². The number of nitrogens with one attached hydrogen (secondary N) is 1. The van der Waals surface area contributed by atoms with E-state index >= 15 is 0 Å². The summed E-state index contributed by atoms with van der Waals surface area (Å²) in [5, 5.41) is 4.43. The average Bonchev–Trinajstić information content (AvgIpc) is 2.49. The molecule has 1 amide bonds. The molecule has 0 aliphatic carbocycles. The maximum absolute atomic E-state index is 13.5. The molecule has 0 saturated carbocycles. The van der Waals surface area contributed by atoms with Crippen molar-refractivity contribution in [1.29, 1.82) is 0 Å². The second-order valence-electron chi connectivity index (χ2n) is 4.37. The quantitative estimate of drug-likeness (QED) is 0.769. The summed E-state index contributed by atoms with van der Waals surface area (Å²) in [5.74, 6) is -0.792. The number of benzene rings is 2. The van der Waals surface area contributed by atoms with Gasteiger partial charge in [0.1, 0.15) is 5.82 Å². The number of nitrogens with zero attached hydrogens (tertiary/aromatic N) is 1. The molecule has 0 bridgehead atoms. The lowest BCUT2D eigenvalue weighted by atomic mass is 10.1. The summed E-state index contributed by atoms with van der Waals surface area (Å²) in [6.07, 6.45) is 3.40. The lowest BCUT2D eigenvalue weighted by Gasteiger charge is -2.07. The summed E-state index contributed by atoms with van der Waals surface area (Å²) in [5.41, 5.74) is 0.652. The SMILES string of the molecule is O=C(Nc1ccccc1F)c1ccc2cnccc2c1. The zero-order valence-electron chi connectivity index (χ0n) is 10.5. The first kappa shape index (κ1) is 12.3. The second kappa shape index (κ2) is 5.09. The van der Waals surface area contributed by atoms with Gasteiger partial charge in [-0.05, 0) is 35.7 Å². The van der Waals surface area contributed by atoms with Crippen LogP contribution in [0.1, 0.15) is 10.4 Å². The fourth-order valence-electron chi connectivity index (χ4n) is 1.98. The van der Waals surface area contributed by atoms with Gasteiger partial charge in [0.15, 0.2) is 0 Å². The predicted molar refractivity (Wildman–Crippen MR) is 76.1 cm³/mol. The molecule has 98 valence electrons. The van der Waals surface area contributed by atoms with Crippen molar-refractivity contribution in [2.75, 3.05) is 5.32 Å². The highest BCUT2D eigenvalue weighted by Crippen LogP contribution is 2.17. The van der Waals surface area contributed by atoms with Crippen LogP contribution in [0.25, 0.3) is 10.8 Å². The van der Waals surface area contributed by atoms with Gasteiger partial charge in [-0.25, -0.2) is 4.39 Å². The molecule has 0 spiro atoms. The zero-order chi connectivity index (χ0) is 13.9. The maximum atomic E-state index is 13.5. The number of halogens is 1. The van der Waals surface area contributed by atoms with E-state index in [2.05, 4.69) is 10.3 Å². The number of aromatic nitrogens is 1. The Kier molecular flexibility index (Phi) is 3.13. The first-order chi connectivity index (χ1) is 9.74. The van der Waals surface area contributed by atoms with Crippen LogP contribution < -0.4 is 5.32 Å². The largest absolute Gasteiger partial charge is 0.319 e. The summed E-state index contributed by atoms with van der Waals surface area (Å²) < 4.78 is 13.5. The maximum Gasteiger partial charge on any atom is 0.255 e. The van der Waals surface area contributed by atoms with Crippen molar-refractivity contribution in [1.82, 2.24) is 4.98 Å². The van der Waals surface area contributed by atoms with Gasteiger partial charge in [-0.3, -0.25) is 9.78 Å². The van der Waals surface area contributed by atoms with Crippen molar-refractivity contribution in [3.05, 3.63) is 72.3 Å². The number of hydrogen-bond donors (Lipinski definition) is 1. The number of rotatable bonds is 2. The zero-order valence-corrected chi connectivity index (χ0v) is 10.5. The molecule has 0 unspecified atom stereocenters. The van der Waals surface area contributed by atoms with E-state index in [-0.39, 0.29) is 11.6 Å². The summed E-state index contributed by atoms with van der Waals surface area (Å²) >= 11 is 0. The van der Waals surface area contributed by atoms with Crippen molar-refractivity contribution in [3.8, 4) is 0 Å². The number of fused-ring (bicyclic) bond motifs is 1. The first-order valence-corrected chi connectivity index (χ1v) is 6.14. The second-order valence-corrected chi connectivity index (χ2v) is 4.37. The molecule has 0 radical (unpaired) electrons. The first-order valence-electron chi connectivity index (χ1n) is 6.14. The minimum atomic E-state index is -0.453. The van der Waals surface area contributed by atoms with Crippen molar-refractivity contribution in [3.63, 3.8) is 0 Å². The molecule has 1 N–H and O–H groups in total. The van der Waals surface area contributed by atoms with Gasteiger partial charge < -0.3 is 5.32 Å². The molecule has 0 fully saturated rings. The molecule has 2 aromatic carbocycles. The van der Waals surface area contributed by atoms with Crippen LogP contribution in [0.15, 0.2) is 60.9 Å². The molecule has 4 heteroatoms. The Morgan fingerprint density at radius 2 is 1.90 bits per heavy atom. The number of para-hydroxylation sites is 1. The van der Waals surface area contributed by atoms with Gasteiger partial charge in [-0.1, -0.05) is 18.2 Å². The summed E-state index contributed by atoms with van der Waals surface area (Å²) in [7, 11) is 0. The fourth-order valence-corrected chi connectivity index (χ4v) is 1.98. The summed E-state index contributed by atoms with van der Waals surface area (Å²) in [6, 6.07) is 13.2. The highest BCUT2D eigenvalue weighted by atomic mass is 19.1. The lowest BCUT2D eigenvalue weighted by molar-refractivity contribution is 0.102. The number of carbonyl (C=O) groups excluding carboxylic acids is 1. The third kappa shape index (κ3) is 2.36. The molecule has 0 saturated heterocycles. The average molecular weight is 266 g/mol. The van der Waals surface area contributed by atoms with Crippen LogP contribution in [0.2, 0.25) is 0 Å². The van der Waals surface area contributed by atoms with Crippen molar-refractivity contribution in [2.24, 2.45) is 0 Å².